The van der Waals surface area contributed by atoms with Crippen LogP contribution in [0.2, 0.25) is 0 Å². The number of anilines is 1. The second-order valence-electron chi connectivity index (χ2n) is 4.23. The molecule has 4 N–H and O–H groups in total. The molecular formula is C12H21N3O2. The van der Waals surface area contributed by atoms with E-state index in [4.69, 9.17) is 10.5 Å². The number of aliphatic hydroxyl groups is 1. The van der Waals surface area contributed by atoms with Crippen LogP contribution in [0.1, 0.15) is 18.9 Å². The van der Waals surface area contributed by atoms with Crippen LogP contribution in [0.25, 0.3) is 0 Å². The Balaban J connectivity index is 2.48. The Labute approximate surface area is 102 Å². The van der Waals surface area contributed by atoms with Crippen LogP contribution in [0, 0.1) is 0 Å². The van der Waals surface area contributed by atoms with Gasteiger partial charge in [0.25, 0.3) is 0 Å². The van der Waals surface area contributed by atoms with Gasteiger partial charge < -0.3 is 20.9 Å². The van der Waals surface area contributed by atoms with Crippen molar-refractivity contribution in [2.45, 2.75) is 18.9 Å². The molecule has 0 saturated carbocycles. The van der Waals surface area contributed by atoms with Crippen molar-refractivity contribution < 1.29 is 9.84 Å². The van der Waals surface area contributed by atoms with E-state index in [2.05, 4.69) is 10.3 Å². The minimum atomic E-state index is -0.960. The standard InChI is InChI=1S/C12H21N3O2/c1-12(16,4-6-14-7-8-17-2)10-9-15-5-3-11(10)13/h3,5,9,14,16H,4,6-8H2,1-2H3,(H2,13,15). The number of nitrogens with zero attached hydrogens (tertiary/aromatic N) is 1. The van der Waals surface area contributed by atoms with Crippen LogP contribution in [0.3, 0.4) is 0 Å². The lowest BCUT2D eigenvalue weighted by Gasteiger charge is -2.25. The van der Waals surface area contributed by atoms with Crippen LogP contribution >= 0.6 is 0 Å². The van der Waals surface area contributed by atoms with Crippen molar-refractivity contribution in [2.75, 3.05) is 32.5 Å². The zero-order chi connectivity index (χ0) is 12.7. The summed E-state index contributed by atoms with van der Waals surface area (Å²) < 4.78 is 4.92. The van der Waals surface area contributed by atoms with Gasteiger partial charge in [-0.3, -0.25) is 4.98 Å². The second kappa shape index (κ2) is 6.54. The van der Waals surface area contributed by atoms with Crippen molar-refractivity contribution in [3.8, 4) is 0 Å². The normalized spacial score (nSPS) is 14.5. The van der Waals surface area contributed by atoms with E-state index in [0.717, 1.165) is 6.54 Å². The lowest BCUT2D eigenvalue weighted by molar-refractivity contribution is 0.0479. The first-order chi connectivity index (χ1) is 8.08. The number of ether oxygens (including phenoxy) is 1. The molecule has 0 radical (unpaired) electrons. The van der Waals surface area contributed by atoms with Crippen molar-refractivity contribution in [3.05, 3.63) is 24.0 Å². The predicted molar refractivity (Wildman–Crippen MR) is 67.6 cm³/mol. The number of hydrogen-bond acceptors (Lipinski definition) is 5. The van der Waals surface area contributed by atoms with Crippen molar-refractivity contribution in [3.63, 3.8) is 0 Å². The average Bonchev–Trinajstić information content (AvgIpc) is 2.29. The first kappa shape index (κ1) is 13.9. The molecule has 0 spiro atoms. The summed E-state index contributed by atoms with van der Waals surface area (Å²) in [5.74, 6) is 0. The molecule has 1 unspecified atom stereocenters. The summed E-state index contributed by atoms with van der Waals surface area (Å²) >= 11 is 0. The van der Waals surface area contributed by atoms with Gasteiger partial charge in [-0.25, -0.2) is 0 Å². The molecule has 0 saturated heterocycles. The Morgan fingerprint density at radius 3 is 2.94 bits per heavy atom. The fraction of sp³-hybridized carbons (Fsp3) is 0.583. The molecule has 96 valence electrons. The molecule has 1 aromatic rings. The van der Waals surface area contributed by atoms with E-state index in [9.17, 15) is 5.11 Å². The van der Waals surface area contributed by atoms with Gasteiger partial charge in [-0.2, -0.15) is 0 Å². The minimum Gasteiger partial charge on any atom is -0.398 e. The predicted octanol–water partition coefficient (Wildman–Crippen LogP) is 0.497. The van der Waals surface area contributed by atoms with Gasteiger partial charge in [0.05, 0.1) is 12.2 Å². The van der Waals surface area contributed by atoms with E-state index in [1.54, 1.807) is 32.5 Å². The topological polar surface area (TPSA) is 80.4 Å². The summed E-state index contributed by atoms with van der Waals surface area (Å²) in [5, 5.41) is 13.5. The van der Waals surface area contributed by atoms with Gasteiger partial charge in [0.1, 0.15) is 0 Å². The third-order valence-corrected chi connectivity index (χ3v) is 2.71. The highest BCUT2D eigenvalue weighted by Gasteiger charge is 2.24. The summed E-state index contributed by atoms with van der Waals surface area (Å²) in [6, 6.07) is 1.70. The highest BCUT2D eigenvalue weighted by Crippen LogP contribution is 2.27. The van der Waals surface area contributed by atoms with E-state index >= 15 is 0 Å². The fourth-order valence-electron chi connectivity index (χ4n) is 1.62. The van der Waals surface area contributed by atoms with Crippen LogP contribution in [-0.4, -0.2) is 36.9 Å². The molecule has 0 amide bonds. The maximum absolute atomic E-state index is 10.3. The third-order valence-electron chi connectivity index (χ3n) is 2.71. The molecule has 17 heavy (non-hydrogen) atoms. The Morgan fingerprint density at radius 1 is 1.53 bits per heavy atom. The molecule has 1 heterocycles. The van der Waals surface area contributed by atoms with E-state index in [-0.39, 0.29) is 0 Å². The molecule has 1 atom stereocenters. The molecular weight excluding hydrogens is 218 g/mol. The van der Waals surface area contributed by atoms with E-state index in [1.165, 1.54) is 0 Å². The Hall–Kier alpha value is -1.17. The lowest BCUT2D eigenvalue weighted by Crippen LogP contribution is -2.30. The Bertz CT molecular complexity index is 342. The minimum absolute atomic E-state index is 0.571. The van der Waals surface area contributed by atoms with E-state index in [1.807, 2.05) is 0 Å². The highest BCUT2D eigenvalue weighted by molar-refractivity contribution is 5.47. The fourth-order valence-corrected chi connectivity index (χ4v) is 1.62. The van der Waals surface area contributed by atoms with E-state index < -0.39 is 5.60 Å². The summed E-state index contributed by atoms with van der Waals surface area (Å²) in [6.45, 7) is 3.88. The second-order valence-corrected chi connectivity index (χ2v) is 4.23. The van der Waals surface area contributed by atoms with Gasteiger partial charge in [0.15, 0.2) is 0 Å². The Morgan fingerprint density at radius 2 is 2.29 bits per heavy atom. The first-order valence-corrected chi connectivity index (χ1v) is 5.70. The number of nitrogens with two attached hydrogens (primary N) is 1. The Kier molecular flexibility index (Phi) is 5.34. The zero-order valence-electron chi connectivity index (χ0n) is 10.4. The molecule has 0 aromatic carbocycles. The van der Waals surface area contributed by atoms with E-state index in [0.29, 0.717) is 30.8 Å². The zero-order valence-corrected chi connectivity index (χ0v) is 10.4. The molecule has 1 aromatic heterocycles. The number of hydrogen-bond donors (Lipinski definition) is 3. The largest absolute Gasteiger partial charge is 0.398 e. The maximum atomic E-state index is 10.3. The summed E-state index contributed by atoms with van der Waals surface area (Å²) in [7, 11) is 1.66. The number of nitrogen functional groups attached to an aromatic ring is 1. The summed E-state index contributed by atoms with van der Waals surface area (Å²) in [5.41, 5.74) is 6.10. The number of aromatic nitrogens is 1. The van der Waals surface area contributed by atoms with Crippen molar-refractivity contribution in [1.29, 1.82) is 0 Å². The van der Waals surface area contributed by atoms with Crippen LogP contribution in [0.15, 0.2) is 18.5 Å². The van der Waals surface area contributed by atoms with Gasteiger partial charge in [0.2, 0.25) is 0 Å². The summed E-state index contributed by atoms with van der Waals surface area (Å²) in [6.07, 6.45) is 3.81. The van der Waals surface area contributed by atoms with Crippen molar-refractivity contribution >= 4 is 5.69 Å². The first-order valence-electron chi connectivity index (χ1n) is 5.70. The van der Waals surface area contributed by atoms with Gasteiger partial charge in [-0.15, -0.1) is 0 Å². The quantitative estimate of drug-likeness (QED) is 0.604. The molecule has 0 fully saturated rings. The number of rotatable bonds is 7. The number of nitrogens with one attached hydrogen (secondary N) is 1. The van der Waals surface area contributed by atoms with Crippen LogP contribution in [-0.2, 0) is 10.3 Å². The lowest BCUT2D eigenvalue weighted by atomic mass is 9.92. The highest BCUT2D eigenvalue weighted by atomic mass is 16.5. The maximum Gasteiger partial charge on any atom is 0.0915 e. The smallest absolute Gasteiger partial charge is 0.0915 e. The molecule has 0 aliphatic heterocycles. The monoisotopic (exact) mass is 239 g/mol. The van der Waals surface area contributed by atoms with Crippen molar-refractivity contribution in [1.82, 2.24) is 10.3 Å². The van der Waals surface area contributed by atoms with Gasteiger partial charge in [-0.1, -0.05) is 0 Å². The molecule has 1 rings (SSSR count). The van der Waals surface area contributed by atoms with Crippen LogP contribution in [0.4, 0.5) is 5.69 Å². The molecule has 5 heteroatoms. The van der Waals surface area contributed by atoms with Gasteiger partial charge in [0, 0.05) is 37.3 Å². The third kappa shape index (κ3) is 4.30. The van der Waals surface area contributed by atoms with Gasteiger partial charge in [-0.05, 0) is 26.0 Å². The summed E-state index contributed by atoms with van der Waals surface area (Å²) in [4.78, 5) is 3.99. The number of methoxy groups -OCH3 is 1. The number of pyridine rings is 1. The van der Waals surface area contributed by atoms with Crippen LogP contribution < -0.4 is 11.1 Å². The molecule has 0 aliphatic rings. The van der Waals surface area contributed by atoms with Crippen molar-refractivity contribution in [2.24, 2.45) is 0 Å². The molecule has 0 bridgehead atoms. The SMILES string of the molecule is COCCNCCC(C)(O)c1cnccc1N. The average molecular weight is 239 g/mol. The van der Waals surface area contributed by atoms with Crippen LogP contribution in [0.5, 0.6) is 0 Å². The molecule has 5 nitrogen and oxygen atoms in total. The molecule has 0 aliphatic carbocycles. The van der Waals surface area contributed by atoms with Gasteiger partial charge >= 0.3 is 0 Å².